The molecule has 0 unspecified atom stereocenters. The number of halogens is 2. The van der Waals surface area contributed by atoms with Crippen molar-refractivity contribution in [3.05, 3.63) is 72.2 Å². The summed E-state index contributed by atoms with van der Waals surface area (Å²) in [6, 6.07) is 16.1. The van der Waals surface area contributed by atoms with Gasteiger partial charge in [-0.05, 0) is 49.1 Å². The number of nitrogens with zero attached hydrogens (tertiary/aromatic N) is 4. The van der Waals surface area contributed by atoms with Crippen molar-refractivity contribution in [1.82, 2.24) is 19.7 Å². The van der Waals surface area contributed by atoms with Crippen LogP contribution in [-0.2, 0) is 4.74 Å². The number of pyridine rings is 2. The summed E-state index contributed by atoms with van der Waals surface area (Å²) >= 11 is 0. The molecular formula is C24H23F2N5O. The first-order valence-corrected chi connectivity index (χ1v) is 10.5. The van der Waals surface area contributed by atoms with Gasteiger partial charge in [0, 0.05) is 18.1 Å². The van der Waals surface area contributed by atoms with E-state index in [0.717, 1.165) is 40.7 Å². The van der Waals surface area contributed by atoms with Crippen LogP contribution < -0.4 is 5.73 Å². The van der Waals surface area contributed by atoms with Crippen LogP contribution in [0.4, 0.5) is 8.78 Å². The van der Waals surface area contributed by atoms with E-state index in [1.54, 1.807) is 30.1 Å². The lowest BCUT2D eigenvalue weighted by Gasteiger charge is -2.37. The van der Waals surface area contributed by atoms with Gasteiger partial charge in [-0.3, -0.25) is 4.98 Å². The highest BCUT2D eigenvalue weighted by Crippen LogP contribution is 2.38. The Kier molecular flexibility index (Phi) is 5.40. The van der Waals surface area contributed by atoms with Crippen LogP contribution in [0.5, 0.6) is 0 Å². The molecule has 0 spiro atoms. The van der Waals surface area contributed by atoms with Crippen LogP contribution >= 0.6 is 0 Å². The van der Waals surface area contributed by atoms with Crippen molar-refractivity contribution in [3.8, 4) is 17.1 Å². The normalized spacial score (nSPS) is 19.3. The highest BCUT2D eigenvalue weighted by Gasteiger charge is 2.34. The number of benzene rings is 1. The maximum absolute atomic E-state index is 13.1. The quantitative estimate of drug-likeness (QED) is 0.469. The molecule has 8 heteroatoms. The fourth-order valence-electron chi connectivity index (χ4n) is 4.17. The summed E-state index contributed by atoms with van der Waals surface area (Å²) in [6.07, 6.45) is 1.23. The minimum atomic E-state index is -2.64. The van der Waals surface area contributed by atoms with Gasteiger partial charge in [0.15, 0.2) is 5.82 Å². The summed E-state index contributed by atoms with van der Waals surface area (Å²) in [5.41, 5.74) is 9.49. The lowest BCUT2D eigenvalue weighted by molar-refractivity contribution is -0.00820. The standard InChI is InChI=1S/C24H23F2N5O/c1-32-17-10-16(11-17)23(27)19-5-2-4-18(29-19)14-8-9-15-13-28-31(21(15)12-14)22-7-3-6-20(30-22)24(25)26/h2-9,12-13,16-17,23-24H,10-11,27H2,1H3/t16?,17?,23-/m0/s1. The average molecular weight is 435 g/mol. The Morgan fingerprint density at radius 2 is 1.81 bits per heavy atom. The van der Waals surface area contributed by atoms with Gasteiger partial charge in [0.05, 0.1) is 35.2 Å². The van der Waals surface area contributed by atoms with Crippen LogP contribution in [0, 0.1) is 5.92 Å². The maximum Gasteiger partial charge on any atom is 0.280 e. The van der Waals surface area contributed by atoms with E-state index in [0.29, 0.717) is 11.7 Å². The Labute approximate surface area is 184 Å². The molecule has 0 bridgehead atoms. The van der Waals surface area contributed by atoms with Gasteiger partial charge in [-0.15, -0.1) is 0 Å². The predicted molar refractivity (Wildman–Crippen MR) is 118 cm³/mol. The minimum absolute atomic E-state index is 0.142. The first-order valence-electron chi connectivity index (χ1n) is 10.5. The van der Waals surface area contributed by atoms with Gasteiger partial charge in [0.25, 0.3) is 6.43 Å². The number of ether oxygens (including phenoxy) is 1. The number of hydrogen-bond acceptors (Lipinski definition) is 5. The van der Waals surface area contributed by atoms with Gasteiger partial charge in [0.2, 0.25) is 0 Å². The van der Waals surface area contributed by atoms with Crippen LogP contribution in [0.2, 0.25) is 0 Å². The van der Waals surface area contributed by atoms with E-state index in [4.69, 9.17) is 15.5 Å². The van der Waals surface area contributed by atoms with E-state index >= 15 is 0 Å². The Balaban J connectivity index is 1.48. The van der Waals surface area contributed by atoms with Gasteiger partial charge >= 0.3 is 0 Å². The van der Waals surface area contributed by atoms with Crippen molar-refractivity contribution < 1.29 is 13.5 Å². The molecule has 1 fully saturated rings. The molecule has 1 aliphatic rings. The van der Waals surface area contributed by atoms with Crippen LogP contribution in [-0.4, -0.2) is 33.0 Å². The fourth-order valence-corrected chi connectivity index (χ4v) is 4.17. The average Bonchev–Trinajstić information content (AvgIpc) is 3.22. The number of methoxy groups -OCH3 is 1. The number of fused-ring (bicyclic) bond motifs is 1. The van der Waals surface area contributed by atoms with Crippen molar-refractivity contribution >= 4 is 10.9 Å². The first-order chi connectivity index (χ1) is 15.5. The summed E-state index contributed by atoms with van der Waals surface area (Å²) in [7, 11) is 1.73. The highest BCUT2D eigenvalue weighted by atomic mass is 19.3. The summed E-state index contributed by atoms with van der Waals surface area (Å²) < 4.78 is 33.1. The second-order valence-electron chi connectivity index (χ2n) is 8.11. The molecule has 0 saturated heterocycles. The van der Waals surface area contributed by atoms with E-state index in [1.165, 1.54) is 6.07 Å². The summed E-state index contributed by atoms with van der Waals surface area (Å²) in [5.74, 6) is 0.705. The Morgan fingerprint density at radius 3 is 2.59 bits per heavy atom. The molecule has 0 aliphatic heterocycles. The molecule has 32 heavy (non-hydrogen) atoms. The second kappa shape index (κ2) is 8.37. The second-order valence-corrected chi connectivity index (χ2v) is 8.11. The zero-order chi connectivity index (χ0) is 22.2. The first kappa shape index (κ1) is 20.7. The topological polar surface area (TPSA) is 78.9 Å². The molecule has 6 nitrogen and oxygen atoms in total. The van der Waals surface area contributed by atoms with E-state index in [9.17, 15) is 8.78 Å². The number of hydrogen-bond donors (Lipinski definition) is 1. The van der Waals surface area contributed by atoms with Gasteiger partial charge in [-0.2, -0.15) is 5.10 Å². The SMILES string of the molecule is COC1CC([C@H](N)c2cccc(-c3ccc4cnn(-c5cccc(C(F)F)n5)c4c3)n2)C1. The van der Waals surface area contributed by atoms with E-state index < -0.39 is 6.43 Å². The molecule has 4 aromatic rings. The molecule has 1 aromatic carbocycles. The van der Waals surface area contributed by atoms with E-state index in [1.807, 2.05) is 36.4 Å². The van der Waals surface area contributed by atoms with E-state index in [2.05, 4.69) is 10.1 Å². The molecule has 164 valence electrons. The van der Waals surface area contributed by atoms with Crippen molar-refractivity contribution in [3.63, 3.8) is 0 Å². The van der Waals surface area contributed by atoms with Gasteiger partial charge in [-0.1, -0.05) is 24.3 Å². The number of nitrogens with two attached hydrogens (primary N) is 1. The number of alkyl halides is 2. The third kappa shape index (κ3) is 3.76. The zero-order valence-corrected chi connectivity index (χ0v) is 17.5. The van der Waals surface area contributed by atoms with Crippen molar-refractivity contribution in [2.45, 2.75) is 31.4 Å². The summed E-state index contributed by atoms with van der Waals surface area (Å²) in [6.45, 7) is 0. The molecule has 0 amide bonds. The molecular weight excluding hydrogens is 412 g/mol. The Morgan fingerprint density at radius 1 is 1.03 bits per heavy atom. The molecule has 5 rings (SSSR count). The Bertz CT molecular complexity index is 1250. The minimum Gasteiger partial charge on any atom is -0.381 e. The van der Waals surface area contributed by atoms with Crippen molar-refractivity contribution in [1.29, 1.82) is 0 Å². The molecule has 0 radical (unpaired) electrons. The molecule has 1 atom stereocenters. The maximum atomic E-state index is 13.1. The molecule has 1 saturated carbocycles. The number of aromatic nitrogens is 4. The summed E-state index contributed by atoms with van der Waals surface area (Å²) in [4.78, 5) is 8.88. The number of rotatable bonds is 6. The molecule has 3 aromatic heterocycles. The van der Waals surface area contributed by atoms with Crippen LogP contribution in [0.3, 0.4) is 0 Å². The van der Waals surface area contributed by atoms with Gasteiger partial charge < -0.3 is 10.5 Å². The van der Waals surface area contributed by atoms with Gasteiger partial charge in [0.1, 0.15) is 5.69 Å². The van der Waals surface area contributed by atoms with Crippen LogP contribution in [0.1, 0.15) is 36.7 Å². The fraction of sp³-hybridized carbons (Fsp3) is 0.292. The third-order valence-corrected chi connectivity index (χ3v) is 6.15. The zero-order valence-electron chi connectivity index (χ0n) is 17.5. The van der Waals surface area contributed by atoms with Crippen LogP contribution in [0.25, 0.3) is 28.0 Å². The van der Waals surface area contributed by atoms with Crippen LogP contribution in [0.15, 0.2) is 60.8 Å². The predicted octanol–water partition coefficient (Wildman–Crippen LogP) is 4.84. The lowest BCUT2D eigenvalue weighted by Crippen LogP contribution is -2.37. The third-order valence-electron chi connectivity index (χ3n) is 6.15. The Hall–Kier alpha value is -3.23. The lowest BCUT2D eigenvalue weighted by atomic mass is 9.76. The molecule has 1 aliphatic carbocycles. The van der Waals surface area contributed by atoms with Crippen molar-refractivity contribution in [2.75, 3.05) is 7.11 Å². The largest absolute Gasteiger partial charge is 0.381 e. The molecule has 2 N–H and O–H groups in total. The smallest absolute Gasteiger partial charge is 0.280 e. The summed E-state index contributed by atoms with van der Waals surface area (Å²) in [5, 5.41) is 5.24. The highest BCUT2D eigenvalue weighted by molar-refractivity contribution is 5.84. The van der Waals surface area contributed by atoms with E-state index in [-0.39, 0.29) is 17.8 Å². The van der Waals surface area contributed by atoms with Gasteiger partial charge in [-0.25, -0.2) is 18.4 Å². The molecule has 3 heterocycles. The monoisotopic (exact) mass is 435 g/mol. The van der Waals surface area contributed by atoms with Crippen molar-refractivity contribution in [2.24, 2.45) is 11.7 Å².